The number of rotatable bonds is 4. The number of nitro benzene ring substituents is 1. The van der Waals surface area contributed by atoms with Gasteiger partial charge in [-0.2, -0.15) is 5.10 Å². The molecule has 0 saturated heterocycles. The van der Waals surface area contributed by atoms with Crippen LogP contribution in [0, 0.1) is 15.9 Å². The Morgan fingerprint density at radius 1 is 1.08 bits per heavy atom. The van der Waals surface area contributed by atoms with Gasteiger partial charge in [0.15, 0.2) is 0 Å². The maximum atomic E-state index is 13.4. The molecule has 2 N–H and O–H groups in total. The van der Waals surface area contributed by atoms with Crippen molar-refractivity contribution in [1.82, 2.24) is 5.43 Å². The molecule has 0 aliphatic heterocycles. The summed E-state index contributed by atoms with van der Waals surface area (Å²) in [6.07, 6.45) is 1.03. The third-order valence-corrected chi connectivity index (χ3v) is 2.83. The van der Waals surface area contributed by atoms with Gasteiger partial charge in [0, 0.05) is 6.07 Å². The first-order valence-electron chi connectivity index (χ1n) is 6.61. The van der Waals surface area contributed by atoms with Gasteiger partial charge in [0.1, 0.15) is 5.82 Å². The summed E-state index contributed by atoms with van der Waals surface area (Å²) >= 11 is 0. The minimum absolute atomic E-state index is 0.150. The molecule has 0 radical (unpaired) electrons. The highest BCUT2D eigenvalue weighted by molar-refractivity contribution is 6.39. The largest absolute Gasteiger partial charge is 0.329 e. The van der Waals surface area contributed by atoms with Crippen molar-refractivity contribution in [2.24, 2.45) is 5.10 Å². The molecule has 24 heavy (non-hydrogen) atoms. The van der Waals surface area contributed by atoms with Crippen LogP contribution in [0.1, 0.15) is 5.56 Å². The van der Waals surface area contributed by atoms with Gasteiger partial charge in [0.05, 0.1) is 22.4 Å². The Balaban J connectivity index is 1.99. The van der Waals surface area contributed by atoms with E-state index in [1.807, 2.05) is 5.43 Å². The number of anilines is 1. The van der Waals surface area contributed by atoms with E-state index in [0.29, 0.717) is 0 Å². The first kappa shape index (κ1) is 16.7. The van der Waals surface area contributed by atoms with E-state index in [-0.39, 0.29) is 16.9 Å². The van der Waals surface area contributed by atoms with E-state index in [9.17, 15) is 24.1 Å². The van der Waals surface area contributed by atoms with Crippen molar-refractivity contribution < 1.29 is 18.9 Å². The van der Waals surface area contributed by atoms with E-state index >= 15 is 0 Å². The molecular formula is C15H11FN4O4. The highest BCUT2D eigenvalue weighted by Gasteiger charge is 2.15. The number of carbonyl (C=O) groups is 2. The van der Waals surface area contributed by atoms with Crippen LogP contribution in [-0.4, -0.2) is 23.0 Å². The van der Waals surface area contributed by atoms with Gasteiger partial charge in [-0.3, -0.25) is 19.7 Å². The number of nitrogens with zero attached hydrogens (tertiary/aromatic N) is 2. The zero-order valence-electron chi connectivity index (χ0n) is 12.1. The van der Waals surface area contributed by atoms with Crippen molar-refractivity contribution in [3.8, 4) is 0 Å². The molecule has 122 valence electrons. The fourth-order valence-electron chi connectivity index (χ4n) is 1.72. The summed E-state index contributed by atoms with van der Waals surface area (Å²) in [4.78, 5) is 33.4. The van der Waals surface area contributed by atoms with Crippen LogP contribution in [0.5, 0.6) is 0 Å². The first-order valence-corrected chi connectivity index (χ1v) is 6.61. The fourth-order valence-corrected chi connectivity index (χ4v) is 1.72. The Morgan fingerprint density at radius 3 is 2.46 bits per heavy atom. The van der Waals surface area contributed by atoms with E-state index < -0.39 is 22.6 Å². The van der Waals surface area contributed by atoms with Gasteiger partial charge in [-0.25, -0.2) is 9.82 Å². The van der Waals surface area contributed by atoms with Crippen LogP contribution in [0.4, 0.5) is 15.8 Å². The quantitative estimate of drug-likeness (QED) is 0.385. The van der Waals surface area contributed by atoms with Crippen molar-refractivity contribution in [3.05, 3.63) is 70.0 Å². The molecule has 8 nitrogen and oxygen atoms in total. The summed E-state index contributed by atoms with van der Waals surface area (Å²) in [5, 5.41) is 16.4. The molecular weight excluding hydrogens is 319 g/mol. The Morgan fingerprint density at radius 2 is 1.75 bits per heavy atom. The van der Waals surface area contributed by atoms with Crippen molar-refractivity contribution >= 4 is 29.4 Å². The molecule has 2 aromatic carbocycles. The van der Waals surface area contributed by atoms with Crippen molar-refractivity contribution in [1.29, 1.82) is 0 Å². The lowest BCUT2D eigenvalue weighted by atomic mass is 10.2. The smallest absolute Gasteiger partial charge is 0.315 e. The van der Waals surface area contributed by atoms with Gasteiger partial charge < -0.3 is 5.32 Å². The number of nitrogens with one attached hydrogen (secondary N) is 2. The number of amides is 2. The molecule has 0 spiro atoms. The summed E-state index contributed by atoms with van der Waals surface area (Å²) < 4.78 is 13.4. The monoisotopic (exact) mass is 330 g/mol. The van der Waals surface area contributed by atoms with Crippen LogP contribution in [0.15, 0.2) is 53.6 Å². The summed E-state index contributed by atoms with van der Waals surface area (Å²) in [7, 11) is 0. The van der Waals surface area contributed by atoms with Crippen molar-refractivity contribution in [3.63, 3.8) is 0 Å². The average Bonchev–Trinajstić information content (AvgIpc) is 2.57. The summed E-state index contributed by atoms with van der Waals surface area (Å²) in [6, 6.07) is 11.1. The molecule has 2 amide bonds. The minimum atomic E-state index is -1.15. The zero-order valence-corrected chi connectivity index (χ0v) is 12.1. The highest BCUT2D eigenvalue weighted by atomic mass is 19.1. The lowest BCUT2D eigenvalue weighted by Gasteiger charge is -2.04. The number of hydrogen-bond acceptors (Lipinski definition) is 5. The second-order valence-corrected chi connectivity index (χ2v) is 4.45. The van der Waals surface area contributed by atoms with Gasteiger partial charge in [0.25, 0.3) is 5.69 Å². The lowest BCUT2D eigenvalue weighted by molar-refractivity contribution is -0.385. The second kappa shape index (κ2) is 7.58. The molecule has 0 fully saturated rings. The molecule has 0 aliphatic carbocycles. The predicted octanol–water partition coefficient (Wildman–Crippen LogP) is 1.82. The maximum Gasteiger partial charge on any atom is 0.329 e. The number of hydrogen-bond donors (Lipinski definition) is 2. The topological polar surface area (TPSA) is 114 Å². The summed E-state index contributed by atoms with van der Waals surface area (Å²) in [6.45, 7) is 0. The standard InChI is InChI=1S/C15H11FN4O4/c16-11-6-2-3-7-12(11)18-14(21)15(22)19-17-9-10-5-1-4-8-13(10)20(23)24/h1-9H,(H,18,21)(H,19,22)/b17-9-. The summed E-state index contributed by atoms with van der Waals surface area (Å²) in [5.74, 6) is -2.96. The molecule has 2 rings (SSSR count). The molecule has 9 heteroatoms. The SMILES string of the molecule is O=C(N/N=C\c1ccccc1[N+](=O)[O-])C(=O)Nc1ccccc1F. The molecule has 2 aromatic rings. The van der Waals surface area contributed by atoms with E-state index in [1.165, 1.54) is 36.4 Å². The van der Waals surface area contributed by atoms with Gasteiger partial charge in [-0.15, -0.1) is 0 Å². The number of hydrazone groups is 1. The third-order valence-electron chi connectivity index (χ3n) is 2.83. The third kappa shape index (κ3) is 4.19. The van der Waals surface area contributed by atoms with Crippen molar-refractivity contribution in [2.75, 3.05) is 5.32 Å². The van der Waals surface area contributed by atoms with Crippen LogP contribution >= 0.6 is 0 Å². The number of benzene rings is 2. The average molecular weight is 330 g/mol. The van der Waals surface area contributed by atoms with Gasteiger partial charge in [-0.1, -0.05) is 24.3 Å². The molecule has 0 bridgehead atoms. The van der Waals surface area contributed by atoms with Gasteiger partial charge >= 0.3 is 11.8 Å². The lowest BCUT2D eigenvalue weighted by Crippen LogP contribution is -2.32. The molecule has 0 unspecified atom stereocenters. The van der Waals surface area contributed by atoms with Crippen LogP contribution < -0.4 is 10.7 Å². The second-order valence-electron chi connectivity index (χ2n) is 4.45. The Labute approximate surface area is 135 Å². The van der Waals surface area contributed by atoms with E-state index in [4.69, 9.17) is 0 Å². The fraction of sp³-hybridized carbons (Fsp3) is 0. The van der Waals surface area contributed by atoms with Gasteiger partial charge in [-0.05, 0) is 18.2 Å². The van der Waals surface area contributed by atoms with Crippen LogP contribution in [0.25, 0.3) is 0 Å². The number of carbonyl (C=O) groups excluding carboxylic acids is 2. The van der Waals surface area contributed by atoms with E-state index in [1.54, 1.807) is 6.07 Å². The Bertz CT molecular complexity index is 823. The minimum Gasteiger partial charge on any atom is -0.315 e. The Kier molecular flexibility index (Phi) is 5.29. The molecule has 0 saturated carbocycles. The molecule has 0 aliphatic rings. The number of nitro groups is 1. The highest BCUT2D eigenvalue weighted by Crippen LogP contribution is 2.15. The van der Waals surface area contributed by atoms with Gasteiger partial charge in [0.2, 0.25) is 0 Å². The summed E-state index contributed by atoms with van der Waals surface area (Å²) in [5.41, 5.74) is 1.71. The molecule has 0 aromatic heterocycles. The molecule has 0 atom stereocenters. The van der Waals surface area contributed by atoms with Crippen molar-refractivity contribution in [2.45, 2.75) is 0 Å². The predicted molar refractivity (Wildman–Crippen MR) is 83.9 cm³/mol. The van der Waals surface area contributed by atoms with E-state index in [2.05, 4.69) is 10.4 Å². The zero-order chi connectivity index (χ0) is 17.5. The van der Waals surface area contributed by atoms with Crippen LogP contribution in [0.3, 0.4) is 0 Å². The molecule has 0 heterocycles. The maximum absolute atomic E-state index is 13.4. The number of para-hydroxylation sites is 2. The number of halogens is 1. The van der Waals surface area contributed by atoms with Crippen LogP contribution in [0.2, 0.25) is 0 Å². The normalized spacial score (nSPS) is 10.4. The van der Waals surface area contributed by atoms with E-state index in [0.717, 1.165) is 12.3 Å². The first-order chi connectivity index (χ1) is 11.5. The van der Waals surface area contributed by atoms with Crippen LogP contribution in [-0.2, 0) is 9.59 Å². The Hall–Kier alpha value is -3.62.